The first-order valence-electron chi connectivity index (χ1n) is 7.31. The van der Waals surface area contributed by atoms with Gasteiger partial charge in [-0.2, -0.15) is 23.5 Å². The van der Waals surface area contributed by atoms with Gasteiger partial charge in [0, 0.05) is 28.6 Å². The molecule has 2 atom stereocenters. The van der Waals surface area contributed by atoms with Crippen molar-refractivity contribution >= 4 is 23.5 Å². The summed E-state index contributed by atoms with van der Waals surface area (Å²) in [7, 11) is 0. The number of rotatable bonds is 9. The van der Waals surface area contributed by atoms with Crippen molar-refractivity contribution in [3.63, 3.8) is 0 Å². The summed E-state index contributed by atoms with van der Waals surface area (Å²) in [5, 5.41) is 4.57. The quantitative estimate of drug-likeness (QED) is 0.634. The smallest absolute Gasteiger partial charge is 0.0291 e. The first kappa shape index (κ1) is 15.7. The van der Waals surface area contributed by atoms with E-state index in [1.54, 1.807) is 0 Å². The van der Waals surface area contributed by atoms with Gasteiger partial charge in [-0.1, -0.05) is 46.0 Å². The number of hydrogen-bond donors (Lipinski definition) is 1. The second-order valence-electron chi connectivity index (χ2n) is 4.85. The first-order valence-corrected chi connectivity index (χ1v) is 9.51. The van der Waals surface area contributed by atoms with E-state index < -0.39 is 0 Å². The summed E-state index contributed by atoms with van der Waals surface area (Å²) in [6, 6.07) is 0.763. The highest BCUT2D eigenvalue weighted by atomic mass is 32.2. The molecule has 1 saturated heterocycles. The van der Waals surface area contributed by atoms with E-state index in [1.165, 1.54) is 55.8 Å². The van der Waals surface area contributed by atoms with Gasteiger partial charge in [0.25, 0.3) is 0 Å². The molecule has 0 aromatic heterocycles. The molecule has 1 heterocycles. The van der Waals surface area contributed by atoms with Crippen molar-refractivity contribution in [3.05, 3.63) is 0 Å². The Balaban J connectivity index is 2.17. The molecule has 1 aliphatic rings. The van der Waals surface area contributed by atoms with Crippen LogP contribution in [0.1, 0.15) is 52.4 Å². The predicted octanol–water partition coefficient (Wildman–Crippen LogP) is 4.17. The van der Waals surface area contributed by atoms with Gasteiger partial charge in [0.1, 0.15) is 0 Å². The van der Waals surface area contributed by atoms with Crippen LogP contribution in [0.5, 0.6) is 0 Å². The van der Waals surface area contributed by atoms with E-state index in [0.717, 1.165) is 17.8 Å². The summed E-state index contributed by atoms with van der Waals surface area (Å²) in [5.74, 6) is 4.07. The van der Waals surface area contributed by atoms with Gasteiger partial charge in [-0.15, -0.1) is 0 Å². The molecule has 1 aliphatic heterocycles. The Morgan fingerprint density at radius 3 is 2.59 bits per heavy atom. The van der Waals surface area contributed by atoms with Crippen molar-refractivity contribution in [2.24, 2.45) is 0 Å². The van der Waals surface area contributed by atoms with E-state index in [0.29, 0.717) is 0 Å². The van der Waals surface area contributed by atoms with Gasteiger partial charge in [-0.25, -0.2) is 0 Å². The minimum atomic E-state index is 0.763. The number of hydrogen-bond acceptors (Lipinski definition) is 3. The summed E-state index contributed by atoms with van der Waals surface area (Å²) in [6.07, 6.45) is 8.43. The average molecular weight is 276 g/mol. The molecule has 0 aliphatic carbocycles. The van der Waals surface area contributed by atoms with Crippen LogP contribution in [-0.4, -0.2) is 35.1 Å². The summed E-state index contributed by atoms with van der Waals surface area (Å²) >= 11 is 4.34. The zero-order chi connectivity index (χ0) is 12.3. The van der Waals surface area contributed by atoms with Crippen LogP contribution in [0, 0.1) is 0 Å². The molecular weight excluding hydrogens is 246 g/mol. The summed E-state index contributed by atoms with van der Waals surface area (Å²) in [4.78, 5) is 0. The van der Waals surface area contributed by atoms with Gasteiger partial charge in [0.15, 0.2) is 0 Å². The fourth-order valence-electron chi connectivity index (χ4n) is 2.39. The van der Waals surface area contributed by atoms with Crippen LogP contribution in [0.4, 0.5) is 0 Å². The second kappa shape index (κ2) is 10.6. The molecule has 17 heavy (non-hydrogen) atoms. The van der Waals surface area contributed by atoms with Crippen molar-refractivity contribution in [1.82, 2.24) is 5.32 Å². The Morgan fingerprint density at radius 1 is 1.12 bits per heavy atom. The van der Waals surface area contributed by atoms with Crippen LogP contribution < -0.4 is 5.32 Å². The van der Waals surface area contributed by atoms with E-state index in [1.807, 2.05) is 0 Å². The van der Waals surface area contributed by atoms with Crippen LogP contribution in [0.15, 0.2) is 0 Å². The molecule has 0 saturated carbocycles. The summed E-state index contributed by atoms with van der Waals surface area (Å²) in [5.41, 5.74) is 0. The lowest BCUT2D eigenvalue weighted by Crippen LogP contribution is -2.40. The van der Waals surface area contributed by atoms with E-state index in [4.69, 9.17) is 0 Å². The Bertz CT molecular complexity index is 170. The van der Waals surface area contributed by atoms with Gasteiger partial charge in [-0.3, -0.25) is 0 Å². The van der Waals surface area contributed by atoms with Crippen LogP contribution in [0.3, 0.4) is 0 Å². The third-order valence-electron chi connectivity index (χ3n) is 3.38. The topological polar surface area (TPSA) is 12.0 Å². The maximum atomic E-state index is 3.71. The molecular formula is C14H29NS2. The lowest BCUT2D eigenvalue weighted by Gasteiger charge is -2.30. The van der Waals surface area contributed by atoms with Gasteiger partial charge in [0.05, 0.1) is 0 Å². The molecule has 3 heteroatoms. The Morgan fingerprint density at radius 2 is 1.94 bits per heavy atom. The third kappa shape index (κ3) is 6.97. The fraction of sp³-hybridized carbons (Fsp3) is 1.00. The van der Waals surface area contributed by atoms with Crippen LogP contribution in [0.25, 0.3) is 0 Å². The molecule has 1 N–H and O–H groups in total. The van der Waals surface area contributed by atoms with Crippen molar-refractivity contribution < 1.29 is 0 Å². The van der Waals surface area contributed by atoms with Crippen LogP contribution >= 0.6 is 23.5 Å². The van der Waals surface area contributed by atoms with Crippen molar-refractivity contribution in [2.75, 3.05) is 23.8 Å². The minimum absolute atomic E-state index is 0.763. The predicted molar refractivity (Wildman–Crippen MR) is 84.4 cm³/mol. The zero-order valence-electron chi connectivity index (χ0n) is 11.5. The molecule has 2 unspecified atom stereocenters. The Hall–Kier alpha value is 0.660. The molecule has 0 bridgehead atoms. The molecule has 0 amide bonds. The molecule has 102 valence electrons. The highest BCUT2D eigenvalue weighted by Crippen LogP contribution is 2.28. The first-order chi connectivity index (χ1) is 8.38. The van der Waals surface area contributed by atoms with E-state index in [-0.39, 0.29) is 0 Å². The van der Waals surface area contributed by atoms with Gasteiger partial charge >= 0.3 is 0 Å². The van der Waals surface area contributed by atoms with Gasteiger partial charge in [0.2, 0.25) is 0 Å². The maximum Gasteiger partial charge on any atom is 0.0291 e. The van der Waals surface area contributed by atoms with E-state index in [2.05, 4.69) is 42.7 Å². The van der Waals surface area contributed by atoms with Crippen molar-refractivity contribution in [1.29, 1.82) is 0 Å². The summed E-state index contributed by atoms with van der Waals surface area (Å²) < 4.78 is 0. The second-order valence-corrected chi connectivity index (χ2v) is 7.35. The number of nitrogens with one attached hydrogen (secondary N) is 1. The molecule has 0 aromatic rings. The molecule has 1 fully saturated rings. The third-order valence-corrected chi connectivity index (χ3v) is 6.30. The van der Waals surface area contributed by atoms with Gasteiger partial charge < -0.3 is 5.32 Å². The number of thioether (sulfide) groups is 2. The molecule has 1 rings (SSSR count). The van der Waals surface area contributed by atoms with Crippen molar-refractivity contribution in [3.8, 4) is 0 Å². The summed E-state index contributed by atoms with van der Waals surface area (Å²) in [6.45, 7) is 5.66. The molecule has 1 nitrogen and oxygen atoms in total. The largest absolute Gasteiger partial charge is 0.313 e. The average Bonchev–Trinajstić information content (AvgIpc) is 2.38. The van der Waals surface area contributed by atoms with Crippen LogP contribution in [0.2, 0.25) is 0 Å². The maximum absolute atomic E-state index is 3.71. The molecule has 0 spiro atoms. The highest BCUT2D eigenvalue weighted by molar-refractivity contribution is 8.06. The number of unbranched alkanes of at least 4 members (excludes halogenated alkanes) is 4. The van der Waals surface area contributed by atoms with Crippen LogP contribution in [-0.2, 0) is 0 Å². The monoisotopic (exact) mass is 275 g/mol. The standard InChI is InChI=1S/C14H29NS2/c1-3-5-6-7-8-9-13(15-4-2)14-12-16-10-11-17-14/h13-15H,3-12H2,1-2H3. The molecule has 0 aromatic carbocycles. The highest BCUT2D eigenvalue weighted by Gasteiger charge is 2.23. The Kier molecular flexibility index (Phi) is 9.77. The Labute approximate surface area is 116 Å². The fourth-order valence-corrected chi connectivity index (χ4v) is 5.32. The van der Waals surface area contributed by atoms with E-state index in [9.17, 15) is 0 Å². The lowest BCUT2D eigenvalue weighted by molar-refractivity contribution is 0.462. The lowest BCUT2D eigenvalue weighted by atomic mass is 10.0. The normalized spacial score (nSPS) is 22.6. The van der Waals surface area contributed by atoms with E-state index >= 15 is 0 Å². The zero-order valence-corrected chi connectivity index (χ0v) is 13.2. The SMILES string of the molecule is CCCCCCCC(NCC)C1CSCCS1. The molecule has 0 radical (unpaired) electrons. The minimum Gasteiger partial charge on any atom is -0.313 e. The van der Waals surface area contributed by atoms with Gasteiger partial charge in [-0.05, 0) is 13.0 Å². The van der Waals surface area contributed by atoms with Crippen molar-refractivity contribution in [2.45, 2.75) is 63.7 Å².